The zero-order valence-corrected chi connectivity index (χ0v) is 16.9. The van der Waals surface area contributed by atoms with Gasteiger partial charge in [0.2, 0.25) is 0 Å². The smallest absolute Gasteiger partial charge is 0.0648 e. The topological polar surface area (TPSA) is 60.7 Å². The van der Waals surface area contributed by atoms with Gasteiger partial charge in [-0.15, -0.1) is 0 Å². The van der Waals surface area contributed by atoms with Gasteiger partial charge in [0.25, 0.3) is 0 Å². The predicted molar refractivity (Wildman–Crippen MR) is 103 cm³/mol. The molecule has 8 atom stereocenters. The van der Waals surface area contributed by atoms with Gasteiger partial charge in [-0.25, -0.2) is 0 Å². The van der Waals surface area contributed by atoms with Gasteiger partial charge in [-0.1, -0.05) is 53.4 Å². The minimum atomic E-state index is -0.558. The van der Waals surface area contributed by atoms with Crippen molar-refractivity contribution in [3.63, 3.8) is 0 Å². The first-order valence-electron chi connectivity index (χ1n) is 10.9. The van der Waals surface area contributed by atoms with Crippen molar-refractivity contribution >= 4 is 0 Å². The summed E-state index contributed by atoms with van der Waals surface area (Å²) >= 11 is 0. The monoisotopic (exact) mass is 354 g/mol. The molecule has 2 rings (SSSR count). The first-order chi connectivity index (χ1) is 11.9. The van der Waals surface area contributed by atoms with Crippen molar-refractivity contribution < 1.29 is 15.3 Å². The fraction of sp³-hybridized carbons (Fsp3) is 1.00. The summed E-state index contributed by atoms with van der Waals surface area (Å²) < 4.78 is 0. The molecule has 2 aliphatic carbocycles. The Balaban J connectivity index is 2.14. The van der Waals surface area contributed by atoms with Crippen molar-refractivity contribution in [2.75, 3.05) is 6.61 Å². The van der Waals surface area contributed by atoms with E-state index in [2.05, 4.69) is 27.7 Å². The minimum absolute atomic E-state index is 0.0514. The molecule has 0 amide bonds. The highest BCUT2D eigenvalue weighted by molar-refractivity contribution is 4.98. The molecule has 0 spiro atoms. The Bertz CT molecular complexity index is 383. The molecule has 3 N–H and O–H groups in total. The fourth-order valence-corrected chi connectivity index (χ4v) is 5.94. The summed E-state index contributed by atoms with van der Waals surface area (Å²) in [7, 11) is 0. The van der Waals surface area contributed by atoms with E-state index < -0.39 is 12.2 Å². The normalized spacial score (nSPS) is 42.7. The molecule has 0 aromatic rings. The van der Waals surface area contributed by atoms with E-state index >= 15 is 0 Å². The molecule has 3 nitrogen and oxygen atoms in total. The molecule has 0 radical (unpaired) electrons. The first-order valence-corrected chi connectivity index (χ1v) is 10.9. The van der Waals surface area contributed by atoms with Crippen molar-refractivity contribution in [3.05, 3.63) is 0 Å². The number of aliphatic hydroxyl groups excluding tert-OH is 3. The Morgan fingerprint density at radius 3 is 2.36 bits per heavy atom. The molecule has 2 saturated carbocycles. The third-order valence-electron chi connectivity index (χ3n) is 7.38. The first kappa shape index (κ1) is 21.2. The van der Waals surface area contributed by atoms with Crippen LogP contribution in [0.25, 0.3) is 0 Å². The average Bonchev–Trinajstić information content (AvgIpc) is 2.55. The average molecular weight is 355 g/mol. The largest absolute Gasteiger partial charge is 0.396 e. The number of hydrogen-bond acceptors (Lipinski definition) is 3. The van der Waals surface area contributed by atoms with Crippen molar-refractivity contribution in [1.82, 2.24) is 0 Å². The van der Waals surface area contributed by atoms with Crippen LogP contribution in [0.4, 0.5) is 0 Å². The van der Waals surface area contributed by atoms with Crippen LogP contribution in [0.5, 0.6) is 0 Å². The summed E-state index contributed by atoms with van der Waals surface area (Å²) in [6.07, 6.45) is 7.90. The Labute approximate surface area is 155 Å². The van der Waals surface area contributed by atoms with Crippen LogP contribution in [-0.4, -0.2) is 34.1 Å². The Kier molecular flexibility index (Phi) is 8.23. The summed E-state index contributed by atoms with van der Waals surface area (Å²) in [5, 5.41) is 32.1. The highest BCUT2D eigenvalue weighted by atomic mass is 16.3. The fourth-order valence-electron chi connectivity index (χ4n) is 5.94. The highest BCUT2D eigenvalue weighted by Crippen LogP contribution is 2.49. The molecule has 148 valence electrons. The molecule has 0 heterocycles. The van der Waals surface area contributed by atoms with Crippen molar-refractivity contribution in [3.8, 4) is 0 Å². The predicted octanol–water partition coefficient (Wildman–Crippen LogP) is 4.24. The number of aliphatic hydroxyl groups is 3. The van der Waals surface area contributed by atoms with Gasteiger partial charge in [0.05, 0.1) is 12.2 Å². The highest BCUT2D eigenvalue weighted by Gasteiger charge is 2.49. The summed E-state index contributed by atoms with van der Waals surface area (Å²) in [6.45, 7) is 9.12. The van der Waals surface area contributed by atoms with E-state index in [1.54, 1.807) is 0 Å². The van der Waals surface area contributed by atoms with Crippen LogP contribution in [0.15, 0.2) is 0 Å². The van der Waals surface area contributed by atoms with E-state index in [0.717, 1.165) is 25.7 Å². The van der Waals surface area contributed by atoms with E-state index in [1.807, 2.05) is 0 Å². The molecule has 0 saturated heterocycles. The van der Waals surface area contributed by atoms with Gasteiger partial charge in [-0.05, 0) is 55.3 Å². The Morgan fingerprint density at radius 1 is 1.04 bits per heavy atom. The number of unbranched alkanes of at least 4 members (excludes halogenated alkanes) is 2. The van der Waals surface area contributed by atoms with Crippen LogP contribution >= 0.6 is 0 Å². The van der Waals surface area contributed by atoms with Crippen LogP contribution in [0, 0.1) is 41.4 Å². The van der Waals surface area contributed by atoms with Gasteiger partial charge in [-0.2, -0.15) is 0 Å². The Morgan fingerprint density at radius 2 is 1.76 bits per heavy atom. The maximum Gasteiger partial charge on any atom is 0.0648 e. The van der Waals surface area contributed by atoms with Gasteiger partial charge in [-0.3, -0.25) is 0 Å². The lowest BCUT2D eigenvalue weighted by atomic mass is 9.58. The van der Waals surface area contributed by atoms with Gasteiger partial charge in [0, 0.05) is 18.4 Å². The molecule has 2 aliphatic rings. The minimum Gasteiger partial charge on any atom is -0.396 e. The van der Waals surface area contributed by atoms with Crippen LogP contribution in [0.1, 0.15) is 79.1 Å². The third kappa shape index (κ3) is 4.99. The second-order valence-electron chi connectivity index (χ2n) is 9.46. The second-order valence-corrected chi connectivity index (χ2v) is 9.46. The molecule has 6 unspecified atom stereocenters. The summed E-state index contributed by atoms with van der Waals surface area (Å²) in [4.78, 5) is 0. The number of rotatable bonds is 7. The van der Waals surface area contributed by atoms with Crippen LogP contribution in [-0.2, 0) is 0 Å². The van der Waals surface area contributed by atoms with Crippen LogP contribution in [0.3, 0.4) is 0 Å². The van der Waals surface area contributed by atoms with Crippen molar-refractivity contribution in [2.24, 2.45) is 41.4 Å². The molecule has 25 heavy (non-hydrogen) atoms. The summed E-state index contributed by atoms with van der Waals surface area (Å²) in [6, 6.07) is 0. The molecular formula is C22H42O3. The zero-order valence-electron chi connectivity index (χ0n) is 16.9. The Hall–Kier alpha value is -0.120. The standard InChI is InChI=1S/C22H42O3/c1-5-6-7-8-16-12-20(24)21(22(25)19(16)13-23)18-11-15(4)9-10-17(18)14(2)3/h14-25H,5-13H2,1-4H3/t15?,16?,17-,18+,19?,20?,21?,22?/m0/s1. The molecule has 0 aromatic carbocycles. The lowest BCUT2D eigenvalue weighted by molar-refractivity contribution is -0.136. The van der Waals surface area contributed by atoms with E-state index in [9.17, 15) is 15.3 Å². The van der Waals surface area contributed by atoms with Crippen molar-refractivity contribution in [1.29, 1.82) is 0 Å². The molecular weight excluding hydrogens is 312 g/mol. The van der Waals surface area contributed by atoms with E-state index in [-0.39, 0.29) is 24.4 Å². The molecule has 0 aliphatic heterocycles. The SMILES string of the molecule is CCCCCC1CC(O)C([C@@H]2CC(C)CC[C@H]2C(C)C)C(O)C1CO. The van der Waals surface area contributed by atoms with E-state index in [0.29, 0.717) is 23.7 Å². The maximum atomic E-state index is 11.1. The quantitative estimate of drug-likeness (QED) is 0.599. The van der Waals surface area contributed by atoms with Gasteiger partial charge >= 0.3 is 0 Å². The molecule has 0 aromatic heterocycles. The van der Waals surface area contributed by atoms with Crippen LogP contribution in [0.2, 0.25) is 0 Å². The summed E-state index contributed by atoms with van der Waals surface area (Å²) in [5.74, 6) is 2.38. The molecule has 2 fully saturated rings. The lowest BCUT2D eigenvalue weighted by Gasteiger charge is -2.50. The zero-order chi connectivity index (χ0) is 18.6. The van der Waals surface area contributed by atoms with E-state index in [4.69, 9.17) is 0 Å². The second kappa shape index (κ2) is 9.71. The van der Waals surface area contributed by atoms with Gasteiger partial charge in [0.15, 0.2) is 0 Å². The van der Waals surface area contributed by atoms with Crippen LogP contribution < -0.4 is 0 Å². The molecule has 3 heteroatoms. The number of hydrogen-bond donors (Lipinski definition) is 3. The van der Waals surface area contributed by atoms with Gasteiger partial charge in [0.1, 0.15) is 0 Å². The maximum absolute atomic E-state index is 11.1. The van der Waals surface area contributed by atoms with Crippen molar-refractivity contribution in [2.45, 2.75) is 91.3 Å². The lowest BCUT2D eigenvalue weighted by Crippen LogP contribution is -2.53. The summed E-state index contributed by atoms with van der Waals surface area (Å²) in [5.41, 5.74) is 0. The molecule has 0 bridgehead atoms. The third-order valence-corrected chi connectivity index (χ3v) is 7.38. The van der Waals surface area contributed by atoms with E-state index in [1.165, 1.54) is 25.7 Å². The van der Waals surface area contributed by atoms with Gasteiger partial charge < -0.3 is 15.3 Å².